The molecule has 0 spiro atoms. The van der Waals surface area contributed by atoms with E-state index in [-0.39, 0.29) is 0 Å². The molecule has 0 aliphatic rings. The molecule has 5 aromatic rings. The molecule has 118 valence electrons. The molecule has 0 saturated heterocycles. The molecule has 0 unspecified atom stereocenters. The topological polar surface area (TPSA) is 43.1 Å². The zero-order valence-corrected chi connectivity index (χ0v) is 13.4. The minimum Gasteiger partial charge on any atom is -0.282 e. The summed E-state index contributed by atoms with van der Waals surface area (Å²) in [6, 6.07) is 24.6. The summed E-state index contributed by atoms with van der Waals surface area (Å²) in [4.78, 5) is 4.39. The van der Waals surface area contributed by atoms with Gasteiger partial charge in [-0.25, -0.2) is 0 Å². The average molecular weight is 322 g/mol. The number of benzene rings is 2. The van der Waals surface area contributed by atoms with Crippen LogP contribution in [0.2, 0.25) is 0 Å². The zero-order chi connectivity index (χ0) is 16.6. The maximum atomic E-state index is 4.39. The summed E-state index contributed by atoms with van der Waals surface area (Å²) < 4.78 is 2.04. The van der Waals surface area contributed by atoms with Crippen molar-refractivity contribution in [2.75, 3.05) is 0 Å². The van der Waals surface area contributed by atoms with Crippen molar-refractivity contribution in [2.45, 2.75) is 0 Å². The van der Waals surface area contributed by atoms with Gasteiger partial charge in [0.1, 0.15) is 0 Å². The second-order valence-corrected chi connectivity index (χ2v) is 5.95. The fraction of sp³-hybridized carbons (Fsp3) is 0. The monoisotopic (exact) mass is 322 g/mol. The van der Waals surface area contributed by atoms with Gasteiger partial charge in [-0.2, -0.15) is 0 Å². The molecule has 0 saturated carbocycles. The van der Waals surface area contributed by atoms with Crippen LogP contribution < -0.4 is 0 Å². The summed E-state index contributed by atoms with van der Waals surface area (Å²) in [5, 5.41) is 9.77. The molecule has 2 aromatic carbocycles. The van der Waals surface area contributed by atoms with Gasteiger partial charge in [-0.3, -0.25) is 9.38 Å². The molecule has 0 radical (unpaired) electrons. The van der Waals surface area contributed by atoms with Crippen molar-refractivity contribution in [3.8, 4) is 22.5 Å². The van der Waals surface area contributed by atoms with E-state index < -0.39 is 0 Å². The van der Waals surface area contributed by atoms with Gasteiger partial charge in [0.2, 0.25) is 0 Å². The molecule has 0 bridgehead atoms. The van der Waals surface area contributed by atoms with Gasteiger partial charge in [-0.1, -0.05) is 42.5 Å². The number of hydrogen-bond acceptors (Lipinski definition) is 3. The Balaban J connectivity index is 1.68. The van der Waals surface area contributed by atoms with Crippen molar-refractivity contribution in [1.29, 1.82) is 0 Å². The van der Waals surface area contributed by atoms with E-state index in [9.17, 15) is 0 Å². The third kappa shape index (κ3) is 2.35. The SMILES string of the molecule is c1ccc(-c2nnc3ccc(-c4ccc5ncccc5c4)cn23)cc1. The molecule has 4 heteroatoms. The van der Waals surface area contributed by atoms with E-state index in [1.807, 2.05) is 53.1 Å². The number of fused-ring (bicyclic) bond motifs is 2. The fourth-order valence-electron chi connectivity index (χ4n) is 3.10. The maximum Gasteiger partial charge on any atom is 0.168 e. The van der Waals surface area contributed by atoms with E-state index in [1.54, 1.807) is 0 Å². The van der Waals surface area contributed by atoms with Gasteiger partial charge in [-0.15, -0.1) is 10.2 Å². The molecule has 25 heavy (non-hydrogen) atoms. The van der Waals surface area contributed by atoms with Crippen LogP contribution in [0.5, 0.6) is 0 Å². The standard InChI is InChI=1S/C21H14N4/c1-2-5-15(6-3-1)21-24-23-20-11-9-18(14-25(20)21)16-8-10-19-17(13-16)7-4-12-22-19/h1-14H. The Labute approximate surface area is 144 Å². The van der Waals surface area contributed by atoms with E-state index in [2.05, 4.69) is 51.7 Å². The molecule has 3 heterocycles. The Morgan fingerprint density at radius 1 is 0.680 bits per heavy atom. The van der Waals surface area contributed by atoms with Gasteiger partial charge in [0.25, 0.3) is 0 Å². The van der Waals surface area contributed by atoms with Gasteiger partial charge in [0, 0.05) is 23.3 Å². The van der Waals surface area contributed by atoms with Crippen molar-refractivity contribution in [1.82, 2.24) is 19.6 Å². The highest BCUT2D eigenvalue weighted by atomic mass is 15.2. The van der Waals surface area contributed by atoms with Gasteiger partial charge < -0.3 is 0 Å². The first-order valence-electron chi connectivity index (χ1n) is 8.14. The van der Waals surface area contributed by atoms with Gasteiger partial charge in [0.15, 0.2) is 11.5 Å². The second-order valence-electron chi connectivity index (χ2n) is 5.95. The normalized spacial score (nSPS) is 11.2. The summed E-state index contributed by atoms with van der Waals surface area (Å²) in [6.07, 6.45) is 3.91. The number of aromatic nitrogens is 4. The van der Waals surface area contributed by atoms with Crippen LogP contribution in [0.25, 0.3) is 39.1 Å². The van der Waals surface area contributed by atoms with Crippen LogP contribution in [0.4, 0.5) is 0 Å². The van der Waals surface area contributed by atoms with Crippen LogP contribution in [-0.4, -0.2) is 19.6 Å². The van der Waals surface area contributed by atoms with Crippen LogP contribution >= 0.6 is 0 Å². The number of nitrogens with zero attached hydrogens (tertiary/aromatic N) is 4. The van der Waals surface area contributed by atoms with Crippen LogP contribution in [0, 0.1) is 0 Å². The van der Waals surface area contributed by atoms with Crippen molar-refractivity contribution in [3.63, 3.8) is 0 Å². The van der Waals surface area contributed by atoms with Gasteiger partial charge >= 0.3 is 0 Å². The lowest BCUT2D eigenvalue weighted by atomic mass is 10.0. The van der Waals surface area contributed by atoms with Crippen LogP contribution in [0.15, 0.2) is 85.2 Å². The van der Waals surface area contributed by atoms with Gasteiger partial charge in [0.05, 0.1) is 5.52 Å². The first kappa shape index (κ1) is 13.9. The van der Waals surface area contributed by atoms with E-state index in [0.29, 0.717) is 0 Å². The van der Waals surface area contributed by atoms with E-state index >= 15 is 0 Å². The lowest BCUT2D eigenvalue weighted by Gasteiger charge is -2.06. The molecule has 0 N–H and O–H groups in total. The Hall–Kier alpha value is -3.53. The number of pyridine rings is 2. The third-order valence-corrected chi connectivity index (χ3v) is 4.37. The zero-order valence-electron chi connectivity index (χ0n) is 13.4. The van der Waals surface area contributed by atoms with Crippen LogP contribution in [0.1, 0.15) is 0 Å². The maximum absolute atomic E-state index is 4.39. The van der Waals surface area contributed by atoms with E-state index in [0.717, 1.165) is 39.1 Å². The fourth-order valence-corrected chi connectivity index (χ4v) is 3.10. The molecule has 0 atom stereocenters. The molecule has 0 aliphatic carbocycles. The first-order chi connectivity index (χ1) is 12.4. The molecule has 0 aliphatic heterocycles. The summed E-state index contributed by atoms with van der Waals surface area (Å²) in [5.41, 5.74) is 5.16. The number of hydrogen-bond donors (Lipinski definition) is 0. The highest BCUT2D eigenvalue weighted by Crippen LogP contribution is 2.26. The Morgan fingerprint density at radius 2 is 1.56 bits per heavy atom. The molecule has 5 rings (SSSR count). The molecule has 0 amide bonds. The molecular formula is C21H14N4. The average Bonchev–Trinajstić information content (AvgIpc) is 3.11. The van der Waals surface area contributed by atoms with Crippen molar-refractivity contribution < 1.29 is 0 Å². The van der Waals surface area contributed by atoms with Crippen molar-refractivity contribution in [2.24, 2.45) is 0 Å². The highest BCUT2D eigenvalue weighted by molar-refractivity contribution is 5.84. The highest BCUT2D eigenvalue weighted by Gasteiger charge is 2.09. The minimum absolute atomic E-state index is 0.838. The Kier molecular flexibility index (Phi) is 3.07. The van der Waals surface area contributed by atoms with Gasteiger partial charge in [-0.05, 0) is 41.5 Å². The Morgan fingerprint density at radius 3 is 2.48 bits per heavy atom. The summed E-state index contributed by atoms with van der Waals surface area (Å²) >= 11 is 0. The molecular weight excluding hydrogens is 308 g/mol. The largest absolute Gasteiger partial charge is 0.282 e. The predicted molar refractivity (Wildman–Crippen MR) is 99.2 cm³/mol. The van der Waals surface area contributed by atoms with Crippen molar-refractivity contribution >= 4 is 16.6 Å². The molecule has 3 aromatic heterocycles. The summed E-state index contributed by atoms with van der Waals surface area (Å²) in [7, 11) is 0. The second kappa shape index (κ2) is 5.53. The number of rotatable bonds is 2. The lowest BCUT2D eigenvalue weighted by molar-refractivity contribution is 1.11. The molecule has 4 nitrogen and oxygen atoms in total. The summed E-state index contributed by atoms with van der Waals surface area (Å²) in [6.45, 7) is 0. The minimum atomic E-state index is 0.838. The predicted octanol–water partition coefficient (Wildman–Crippen LogP) is 4.61. The molecule has 0 fully saturated rings. The first-order valence-corrected chi connectivity index (χ1v) is 8.14. The van der Waals surface area contributed by atoms with Crippen molar-refractivity contribution in [3.05, 3.63) is 85.2 Å². The summed E-state index contributed by atoms with van der Waals surface area (Å²) in [5.74, 6) is 0.847. The van der Waals surface area contributed by atoms with Crippen LogP contribution in [-0.2, 0) is 0 Å². The lowest BCUT2D eigenvalue weighted by Crippen LogP contribution is -1.91. The third-order valence-electron chi connectivity index (χ3n) is 4.37. The quantitative estimate of drug-likeness (QED) is 0.476. The van der Waals surface area contributed by atoms with E-state index in [1.165, 1.54) is 0 Å². The van der Waals surface area contributed by atoms with Crippen LogP contribution in [0.3, 0.4) is 0 Å². The Bertz CT molecular complexity index is 1190. The smallest absolute Gasteiger partial charge is 0.168 e. The van der Waals surface area contributed by atoms with E-state index in [4.69, 9.17) is 0 Å².